The summed E-state index contributed by atoms with van der Waals surface area (Å²) in [6, 6.07) is 8.78. The predicted octanol–water partition coefficient (Wildman–Crippen LogP) is 3.63. The van der Waals surface area contributed by atoms with E-state index in [2.05, 4.69) is 17.2 Å². The fourth-order valence-electron chi connectivity index (χ4n) is 3.61. The van der Waals surface area contributed by atoms with Crippen molar-refractivity contribution in [2.24, 2.45) is 10.7 Å². The molecule has 0 unspecified atom stereocenters. The molecule has 0 saturated carbocycles. The van der Waals surface area contributed by atoms with Crippen molar-refractivity contribution in [2.75, 3.05) is 18.4 Å². The Hall–Kier alpha value is -2.12. The van der Waals surface area contributed by atoms with E-state index < -0.39 is 5.66 Å². The zero-order valence-corrected chi connectivity index (χ0v) is 16.6. The lowest BCUT2D eigenvalue weighted by Gasteiger charge is -2.42. The number of anilines is 1. The van der Waals surface area contributed by atoms with Gasteiger partial charge in [0.05, 0.1) is 10.4 Å². The summed E-state index contributed by atoms with van der Waals surface area (Å²) >= 11 is 1.56. The summed E-state index contributed by atoms with van der Waals surface area (Å²) in [5.41, 5.74) is 6.49. The topological polar surface area (TPSA) is 70.7 Å². The average molecular weight is 409 g/mol. The first-order valence-corrected chi connectivity index (χ1v) is 9.63. The number of aliphatic imine (C=N–C) groups is 1. The van der Waals surface area contributed by atoms with Gasteiger partial charge in [0.2, 0.25) is 0 Å². The number of nitrogens with one attached hydrogen (secondary N) is 1. The fraction of sp³-hybridized carbons (Fsp3) is 0.368. The zero-order chi connectivity index (χ0) is 18.3. The number of amidine groups is 1. The van der Waals surface area contributed by atoms with Gasteiger partial charge in [-0.15, -0.1) is 23.7 Å². The Kier molecular flexibility index (Phi) is 5.44. The van der Waals surface area contributed by atoms with E-state index in [1.807, 2.05) is 23.1 Å². The second-order valence-corrected chi connectivity index (χ2v) is 7.90. The number of benzene rings is 1. The predicted molar refractivity (Wildman–Crippen MR) is 110 cm³/mol. The molecule has 0 radical (unpaired) electrons. The van der Waals surface area contributed by atoms with Crippen molar-refractivity contribution < 1.29 is 9.18 Å². The number of amides is 1. The summed E-state index contributed by atoms with van der Waals surface area (Å²) in [5.74, 6) is -0.0747. The summed E-state index contributed by atoms with van der Waals surface area (Å²) < 4.78 is 14.0. The number of carbonyl (C=O) groups excluding carboxylic acids is 1. The molecular weight excluding hydrogens is 387 g/mol. The number of piperidine rings is 1. The number of aryl methyl sites for hydroxylation is 1. The summed E-state index contributed by atoms with van der Waals surface area (Å²) in [5, 5.41) is 3.35. The van der Waals surface area contributed by atoms with Crippen LogP contribution in [0.15, 0.2) is 35.3 Å². The van der Waals surface area contributed by atoms with Crippen LogP contribution in [0, 0.1) is 5.82 Å². The van der Waals surface area contributed by atoms with E-state index >= 15 is 0 Å². The van der Waals surface area contributed by atoms with Crippen LogP contribution in [-0.4, -0.2) is 35.4 Å². The van der Waals surface area contributed by atoms with Crippen LogP contribution in [-0.2, 0) is 6.42 Å². The monoisotopic (exact) mass is 408 g/mol. The Bertz CT molecular complexity index is 890. The number of rotatable bonds is 2. The number of thiophene rings is 1. The van der Waals surface area contributed by atoms with Gasteiger partial charge in [-0.1, -0.05) is 13.0 Å². The normalized spacial score (nSPS) is 17.6. The van der Waals surface area contributed by atoms with E-state index in [1.165, 1.54) is 10.9 Å². The van der Waals surface area contributed by atoms with E-state index in [9.17, 15) is 9.18 Å². The first kappa shape index (κ1) is 19.6. The molecular formula is C19H22ClFN4OS. The first-order chi connectivity index (χ1) is 12.5. The molecule has 4 rings (SSSR count). The number of nitrogens with two attached hydrogens (primary N) is 1. The molecule has 1 aromatic carbocycles. The van der Waals surface area contributed by atoms with E-state index in [0.717, 1.165) is 11.3 Å². The molecule has 1 fully saturated rings. The maximum absolute atomic E-state index is 14.0. The second kappa shape index (κ2) is 7.48. The standard InChI is InChI=1S/C19H21FN4OS.ClH/c1-2-12-6-7-15(26-12)18(25)24-10-8-19(9-11-24)22-14-5-3-4-13(20)16(14)17(21)23-19;/h3-7,22H,2,8-11H2,1H3,(H2,21,23);1H. The van der Waals surface area contributed by atoms with Gasteiger partial charge in [0.15, 0.2) is 0 Å². The Labute approximate surface area is 167 Å². The third-order valence-electron chi connectivity index (χ3n) is 5.07. The summed E-state index contributed by atoms with van der Waals surface area (Å²) in [6.45, 7) is 3.27. The van der Waals surface area contributed by atoms with Crippen molar-refractivity contribution in [3.05, 3.63) is 51.5 Å². The highest BCUT2D eigenvalue weighted by Crippen LogP contribution is 2.35. The van der Waals surface area contributed by atoms with Crippen molar-refractivity contribution in [2.45, 2.75) is 31.8 Å². The molecule has 1 amide bonds. The van der Waals surface area contributed by atoms with E-state index in [4.69, 9.17) is 5.73 Å². The fourth-order valence-corrected chi connectivity index (χ4v) is 4.52. The minimum absolute atomic E-state index is 0. The Morgan fingerprint density at radius 1 is 1.33 bits per heavy atom. The van der Waals surface area contributed by atoms with Gasteiger partial charge in [0, 0.05) is 36.5 Å². The lowest BCUT2D eigenvalue weighted by molar-refractivity contribution is 0.0690. The van der Waals surface area contributed by atoms with Crippen molar-refractivity contribution in [3.8, 4) is 0 Å². The van der Waals surface area contributed by atoms with Crippen LogP contribution in [0.3, 0.4) is 0 Å². The van der Waals surface area contributed by atoms with Crippen molar-refractivity contribution in [3.63, 3.8) is 0 Å². The summed E-state index contributed by atoms with van der Waals surface area (Å²) in [4.78, 5) is 21.1. The molecule has 5 nitrogen and oxygen atoms in total. The highest BCUT2D eigenvalue weighted by atomic mass is 35.5. The van der Waals surface area contributed by atoms with Crippen LogP contribution in [0.25, 0.3) is 0 Å². The first-order valence-electron chi connectivity index (χ1n) is 8.82. The summed E-state index contributed by atoms with van der Waals surface area (Å²) in [6.07, 6.45) is 2.22. The minimum atomic E-state index is -0.564. The number of carbonyl (C=O) groups is 1. The van der Waals surface area contributed by atoms with E-state index in [-0.39, 0.29) is 30.0 Å². The van der Waals surface area contributed by atoms with Crippen LogP contribution in [0.2, 0.25) is 0 Å². The van der Waals surface area contributed by atoms with Gasteiger partial charge in [0.1, 0.15) is 17.3 Å². The van der Waals surface area contributed by atoms with Gasteiger partial charge in [-0.25, -0.2) is 9.38 Å². The lowest BCUT2D eigenvalue weighted by atomic mass is 9.93. The highest BCUT2D eigenvalue weighted by Gasteiger charge is 2.39. The maximum atomic E-state index is 14.0. The molecule has 0 aliphatic carbocycles. The summed E-state index contributed by atoms with van der Waals surface area (Å²) in [7, 11) is 0. The molecule has 1 aromatic heterocycles. The Morgan fingerprint density at radius 3 is 2.74 bits per heavy atom. The molecule has 3 heterocycles. The highest BCUT2D eigenvalue weighted by molar-refractivity contribution is 7.14. The number of halogens is 2. The molecule has 2 aromatic rings. The second-order valence-electron chi connectivity index (χ2n) is 6.73. The van der Waals surface area contributed by atoms with Crippen LogP contribution >= 0.6 is 23.7 Å². The maximum Gasteiger partial charge on any atom is 0.263 e. The van der Waals surface area contributed by atoms with Crippen LogP contribution < -0.4 is 11.1 Å². The van der Waals surface area contributed by atoms with Crippen molar-refractivity contribution in [1.82, 2.24) is 4.90 Å². The molecule has 1 saturated heterocycles. The third-order valence-corrected chi connectivity index (χ3v) is 6.29. The molecule has 0 atom stereocenters. The molecule has 3 N–H and O–H groups in total. The molecule has 2 aliphatic heterocycles. The van der Waals surface area contributed by atoms with Crippen LogP contribution in [0.1, 0.15) is 39.9 Å². The molecule has 27 heavy (non-hydrogen) atoms. The number of nitrogens with zero attached hydrogens (tertiary/aromatic N) is 2. The van der Waals surface area contributed by atoms with Gasteiger partial charge in [-0.05, 0) is 30.7 Å². The molecule has 1 spiro atoms. The van der Waals surface area contributed by atoms with Crippen LogP contribution in [0.5, 0.6) is 0 Å². The number of hydrogen-bond acceptors (Lipinski definition) is 5. The largest absolute Gasteiger partial charge is 0.383 e. The van der Waals surface area contributed by atoms with Crippen LogP contribution in [0.4, 0.5) is 10.1 Å². The van der Waals surface area contributed by atoms with Crippen molar-refractivity contribution >= 4 is 41.2 Å². The number of hydrogen-bond donors (Lipinski definition) is 2. The Morgan fingerprint density at radius 2 is 2.07 bits per heavy atom. The smallest absolute Gasteiger partial charge is 0.263 e. The Balaban J connectivity index is 0.00000210. The SMILES string of the molecule is CCc1ccc(C(=O)N2CCC3(CC2)N=C(N)c2c(F)cccc2N3)s1.Cl. The van der Waals surface area contributed by atoms with Gasteiger partial charge in [-0.2, -0.15) is 0 Å². The average Bonchev–Trinajstić information content (AvgIpc) is 3.10. The van der Waals surface area contributed by atoms with Gasteiger partial charge in [0.25, 0.3) is 5.91 Å². The van der Waals surface area contributed by atoms with E-state index in [1.54, 1.807) is 17.4 Å². The zero-order valence-electron chi connectivity index (χ0n) is 15.0. The van der Waals surface area contributed by atoms with Gasteiger partial charge >= 0.3 is 0 Å². The lowest BCUT2D eigenvalue weighted by Crippen LogP contribution is -2.52. The minimum Gasteiger partial charge on any atom is -0.383 e. The van der Waals surface area contributed by atoms with Gasteiger partial charge in [-0.3, -0.25) is 4.79 Å². The van der Waals surface area contributed by atoms with Crippen molar-refractivity contribution in [1.29, 1.82) is 0 Å². The molecule has 2 aliphatic rings. The van der Waals surface area contributed by atoms with E-state index in [0.29, 0.717) is 37.2 Å². The number of fused-ring (bicyclic) bond motifs is 1. The quantitative estimate of drug-likeness (QED) is 0.797. The molecule has 8 heteroatoms. The van der Waals surface area contributed by atoms with Gasteiger partial charge < -0.3 is 16.0 Å². The molecule has 144 valence electrons. The molecule has 0 bridgehead atoms. The third kappa shape index (κ3) is 3.53. The number of likely N-dealkylation sites (tertiary alicyclic amines) is 1.